The summed E-state index contributed by atoms with van der Waals surface area (Å²) in [6.07, 6.45) is 2.41. The number of carboxylic acid groups (broad SMARTS) is 4. The van der Waals surface area contributed by atoms with Crippen molar-refractivity contribution in [1.29, 1.82) is 0 Å². The Morgan fingerprint density at radius 3 is 1.30 bits per heavy atom. The molecule has 2 aromatic heterocycles. The second-order valence-corrected chi connectivity index (χ2v) is 7.31. The number of nitrogens with zero attached hydrogens (tertiary/aromatic N) is 2. The van der Waals surface area contributed by atoms with Gasteiger partial charge in [0.05, 0.1) is 11.9 Å². The first kappa shape index (κ1) is 24.4. The number of carbonyl (C=O) groups excluding carboxylic acids is 2. The molecule has 2 heterocycles. The van der Waals surface area contributed by atoms with E-state index in [1.807, 2.05) is 0 Å². The summed E-state index contributed by atoms with van der Waals surface area (Å²) in [5.41, 5.74) is -1.83. The van der Waals surface area contributed by atoms with Crippen molar-refractivity contribution in [2.24, 2.45) is 0 Å². The topological polar surface area (TPSA) is 181 Å². The van der Waals surface area contributed by atoms with Crippen LogP contribution in [0.15, 0.2) is 36.7 Å². The van der Waals surface area contributed by atoms with Crippen LogP contribution in [0.5, 0.6) is 0 Å². The van der Waals surface area contributed by atoms with Gasteiger partial charge in [-0.1, -0.05) is 0 Å². The summed E-state index contributed by atoms with van der Waals surface area (Å²) in [4.78, 5) is 48.1. The number of aromatic carboxylic acids is 4. The van der Waals surface area contributed by atoms with Crippen molar-refractivity contribution in [2.45, 2.75) is 0 Å². The zero-order valence-corrected chi connectivity index (χ0v) is 16.6. The molecule has 2 aromatic rings. The Morgan fingerprint density at radius 1 is 0.815 bits per heavy atom. The van der Waals surface area contributed by atoms with Crippen LogP contribution < -0.4 is 10.2 Å². The summed E-state index contributed by atoms with van der Waals surface area (Å²) in [7, 11) is 9.75. The monoisotopic (exact) mass is 597 g/mol. The number of halogens is 2. The molecular weight excluding hydrogens is 590 g/mol. The summed E-state index contributed by atoms with van der Waals surface area (Å²) >= 11 is -0.472. The number of rotatable bonds is 4. The minimum atomic E-state index is -1.54. The van der Waals surface area contributed by atoms with Crippen molar-refractivity contribution in [3.8, 4) is 0 Å². The summed E-state index contributed by atoms with van der Waals surface area (Å²) in [6, 6.07) is 4.92. The molecule has 0 aliphatic rings. The number of carboxylic acids is 4. The van der Waals surface area contributed by atoms with Crippen LogP contribution in [0.2, 0.25) is 0 Å². The molecule has 13 heteroatoms. The van der Waals surface area contributed by atoms with Crippen LogP contribution in [0.25, 0.3) is 0 Å². The third-order valence-electron chi connectivity index (χ3n) is 2.46. The SMILES string of the molecule is O=C([O-])c1cccnc1C(=O)O.O=C([O-])c1cccnc1C(=O)O.[Cl][Pt+2][Cl]. The van der Waals surface area contributed by atoms with E-state index in [1.54, 1.807) is 0 Å². The van der Waals surface area contributed by atoms with Crippen LogP contribution in [-0.2, 0) is 16.5 Å². The molecule has 27 heavy (non-hydrogen) atoms. The fourth-order valence-electron chi connectivity index (χ4n) is 1.48. The maximum absolute atomic E-state index is 10.4. The van der Waals surface area contributed by atoms with Crippen LogP contribution in [0.4, 0.5) is 0 Å². The first-order valence-corrected chi connectivity index (χ1v) is 11.9. The van der Waals surface area contributed by atoms with Crippen molar-refractivity contribution in [3.63, 3.8) is 0 Å². The zero-order valence-electron chi connectivity index (χ0n) is 12.8. The van der Waals surface area contributed by atoms with Crippen LogP contribution in [0, 0.1) is 0 Å². The van der Waals surface area contributed by atoms with Gasteiger partial charge in [0.25, 0.3) is 0 Å². The molecule has 0 fully saturated rings. The molecule has 0 aromatic carbocycles. The van der Waals surface area contributed by atoms with Gasteiger partial charge >= 0.3 is 47.3 Å². The van der Waals surface area contributed by atoms with Gasteiger partial charge in [-0.05, 0) is 24.3 Å². The molecular formula is C14H8Cl2N2O8Pt. The van der Waals surface area contributed by atoms with Crippen molar-refractivity contribution in [1.82, 2.24) is 9.97 Å². The number of carbonyl (C=O) groups is 4. The Bertz CT molecular complexity index is 701. The molecule has 2 rings (SSSR count). The first-order chi connectivity index (χ1) is 12.7. The molecule has 10 nitrogen and oxygen atoms in total. The second kappa shape index (κ2) is 12.7. The van der Waals surface area contributed by atoms with Gasteiger partial charge in [-0.25, -0.2) is 19.6 Å². The zero-order chi connectivity index (χ0) is 21.0. The molecule has 2 N–H and O–H groups in total. The Hall–Kier alpha value is -2.55. The van der Waals surface area contributed by atoms with E-state index in [0.29, 0.717) is 0 Å². The maximum atomic E-state index is 10.4. The van der Waals surface area contributed by atoms with Crippen LogP contribution in [0.1, 0.15) is 41.7 Å². The van der Waals surface area contributed by atoms with Crippen LogP contribution >= 0.6 is 18.8 Å². The van der Waals surface area contributed by atoms with E-state index >= 15 is 0 Å². The van der Waals surface area contributed by atoms with Gasteiger partial charge in [-0.2, -0.15) is 0 Å². The summed E-state index contributed by atoms with van der Waals surface area (Å²) in [5, 5.41) is 37.5. The van der Waals surface area contributed by atoms with Crippen molar-refractivity contribution in [2.75, 3.05) is 0 Å². The van der Waals surface area contributed by atoms with Gasteiger partial charge in [0.15, 0.2) is 11.4 Å². The van der Waals surface area contributed by atoms with E-state index in [4.69, 9.17) is 29.0 Å². The summed E-state index contributed by atoms with van der Waals surface area (Å²) in [6.45, 7) is 0. The van der Waals surface area contributed by atoms with Gasteiger partial charge in [-0.15, -0.1) is 0 Å². The van der Waals surface area contributed by atoms with Gasteiger partial charge in [0.1, 0.15) is 0 Å². The Kier molecular flexibility index (Phi) is 11.5. The predicted octanol–water partition coefficient (Wildman–Crippen LogP) is -0.337. The van der Waals surface area contributed by atoms with Crippen LogP contribution in [0.3, 0.4) is 0 Å². The molecule has 0 bridgehead atoms. The average Bonchev–Trinajstić information content (AvgIpc) is 2.62. The first-order valence-electron chi connectivity index (χ1n) is 6.29. The van der Waals surface area contributed by atoms with E-state index in [1.165, 1.54) is 24.5 Å². The number of aromatic nitrogens is 2. The molecule has 0 saturated heterocycles. The Balaban J connectivity index is 0.000000438. The molecule has 0 spiro atoms. The number of hydrogen-bond acceptors (Lipinski definition) is 8. The standard InChI is InChI=1S/2C7H5NO4.2ClH.Pt/c2*9-6(10)4-2-1-3-8-5(4)7(11)12;;;/h2*1-3H,(H,9,10)(H,11,12);2*1H;/q;;;;+4/p-4. The molecule has 0 aliphatic heterocycles. The Morgan fingerprint density at radius 2 is 1.11 bits per heavy atom. The molecule has 0 amide bonds. The van der Waals surface area contributed by atoms with Gasteiger partial charge < -0.3 is 30.0 Å². The van der Waals surface area contributed by atoms with Gasteiger partial charge in [0, 0.05) is 23.5 Å². The van der Waals surface area contributed by atoms with E-state index < -0.39 is 62.9 Å². The molecule has 0 saturated carbocycles. The van der Waals surface area contributed by atoms with Gasteiger partial charge in [-0.3, -0.25) is 0 Å². The fourth-order valence-corrected chi connectivity index (χ4v) is 1.48. The third kappa shape index (κ3) is 8.58. The number of pyridine rings is 2. The molecule has 0 unspecified atom stereocenters. The second-order valence-electron chi connectivity index (χ2n) is 4.03. The molecule has 0 radical (unpaired) electrons. The minimum absolute atomic E-state index is 0.412. The Labute approximate surface area is 167 Å². The normalized spacial score (nSPS) is 9.11. The predicted molar refractivity (Wildman–Crippen MR) is 82.8 cm³/mol. The molecule has 0 aliphatic carbocycles. The van der Waals surface area contributed by atoms with E-state index in [9.17, 15) is 29.4 Å². The summed E-state index contributed by atoms with van der Waals surface area (Å²) < 4.78 is 0. The fraction of sp³-hybridized carbons (Fsp3) is 0. The average molecular weight is 598 g/mol. The van der Waals surface area contributed by atoms with Crippen molar-refractivity contribution in [3.05, 3.63) is 59.2 Å². The van der Waals surface area contributed by atoms with E-state index in [0.717, 1.165) is 12.1 Å². The molecule has 0 atom stereocenters. The third-order valence-corrected chi connectivity index (χ3v) is 2.46. The molecule has 146 valence electrons. The van der Waals surface area contributed by atoms with E-state index in [2.05, 4.69) is 9.97 Å². The van der Waals surface area contributed by atoms with Crippen LogP contribution in [-0.4, -0.2) is 44.1 Å². The van der Waals surface area contributed by atoms with Crippen molar-refractivity contribution < 1.29 is 56.1 Å². The van der Waals surface area contributed by atoms with Crippen molar-refractivity contribution >= 4 is 42.7 Å². The quantitative estimate of drug-likeness (QED) is 0.473. The van der Waals surface area contributed by atoms with Gasteiger partial charge in [0.2, 0.25) is 0 Å². The summed E-state index contributed by atoms with van der Waals surface area (Å²) in [5.74, 6) is -5.84. The van der Waals surface area contributed by atoms with E-state index in [-0.39, 0.29) is 0 Å². The number of hydrogen-bond donors (Lipinski definition) is 2.